The van der Waals surface area contributed by atoms with Gasteiger partial charge in [0.2, 0.25) is 0 Å². The molecule has 3 nitrogen and oxygen atoms in total. The number of carbonyl (C=O) groups is 1. The van der Waals surface area contributed by atoms with Crippen LogP contribution in [0.15, 0.2) is 12.2 Å². The van der Waals surface area contributed by atoms with Crippen molar-refractivity contribution >= 4 is 5.97 Å². The first-order chi connectivity index (χ1) is 14.9. The molecule has 1 unspecified atom stereocenters. The zero-order valence-electron chi connectivity index (χ0n) is 17.6. The predicted molar refractivity (Wildman–Crippen MR) is 85.9 cm³/mol. The number of aliphatic hydroxyl groups is 1. The fraction of sp³-hybridized carbons (Fsp3) is 0.824. The van der Waals surface area contributed by atoms with E-state index in [2.05, 4.69) is 11.3 Å². The number of esters is 1. The number of ether oxygens (including phenoxy) is 1. The number of aliphatic hydroxyl groups excluding tert-OH is 1. The van der Waals surface area contributed by atoms with Crippen molar-refractivity contribution in [1.29, 1.82) is 0 Å². The maximum absolute atomic E-state index is 13.7. The van der Waals surface area contributed by atoms with E-state index in [0.717, 1.165) is 0 Å². The average Bonchev–Trinajstić information content (AvgIpc) is 2.62. The van der Waals surface area contributed by atoms with Gasteiger partial charge in [-0.3, -0.25) is 0 Å². The van der Waals surface area contributed by atoms with E-state index in [0.29, 0.717) is 0 Å². The van der Waals surface area contributed by atoms with Crippen LogP contribution in [-0.4, -0.2) is 65.5 Å². The van der Waals surface area contributed by atoms with Crippen molar-refractivity contribution in [1.82, 2.24) is 0 Å². The van der Waals surface area contributed by atoms with Crippen molar-refractivity contribution < 1.29 is 80.5 Å². The highest BCUT2D eigenvalue weighted by Gasteiger charge is 2.93. The molecule has 0 saturated carbocycles. The Balaban J connectivity index is 5.99. The molecule has 0 aromatic carbocycles. The third-order valence-corrected chi connectivity index (χ3v) is 4.44. The smallest absolute Gasteiger partial charge is 0.460 e. The topological polar surface area (TPSA) is 46.5 Å². The van der Waals surface area contributed by atoms with Crippen LogP contribution in [0.5, 0.6) is 0 Å². The fourth-order valence-corrected chi connectivity index (χ4v) is 2.05. The molecular formula is C17H17F15O3. The van der Waals surface area contributed by atoms with E-state index in [1.165, 1.54) is 20.8 Å². The second-order valence-electron chi connectivity index (χ2n) is 8.26. The highest BCUT2D eigenvalue weighted by atomic mass is 19.4. The summed E-state index contributed by atoms with van der Waals surface area (Å²) in [6, 6.07) is 0. The van der Waals surface area contributed by atoms with Gasteiger partial charge in [0.1, 0.15) is 6.61 Å². The summed E-state index contributed by atoms with van der Waals surface area (Å²) in [4.78, 5) is 11.6. The van der Waals surface area contributed by atoms with Gasteiger partial charge in [0.15, 0.2) is 0 Å². The normalized spacial score (nSPS) is 16.2. The van der Waals surface area contributed by atoms with Gasteiger partial charge in [-0.1, -0.05) is 27.4 Å². The van der Waals surface area contributed by atoms with Gasteiger partial charge in [-0.15, -0.1) is 0 Å². The first kappa shape index (κ1) is 33.1. The number of hydrogen-bond donors (Lipinski definition) is 1. The molecule has 0 aromatic rings. The Morgan fingerprint density at radius 2 is 1.06 bits per heavy atom. The molecular weight excluding hydrogens is 537 g/mol. The standard InChI is InChI=1S/C17H17F15O3/c1-7(10(2,3)4)9(34)35-6-8(33)5-11(18,19)12(20,21)13(22,23)14(24,25)15(26,27)16(28,29)17(30,31)32/h8,33H,1,5-6H2,2-4H3. The van der Waals surface area contributed by atoms with E-state index in [9.17, 15) is 75.8 Å². The van der Waals surface area contributed by atoms with Crippen LogP contribution < -0.4 is 0 Å². The van der Waals surface area contributed by atoms with E-state index >= 15 is 0 Å². The predicted octanol–water partition coefficient (Wildman–Crippen LogP) is 6.26. The molecule has 35 heavy (non-hydrogen) atoms. The molecule has 0 bridgehead atoms. The Morgan fingerprint density at radius 1 is 0.714 bits per heavy atom. The lowest BCUT2D eigenvalue weighted by molar-refractivity contribution is -0.453. The molecule has 0 aliphatic rings. The Bertz CT molecular complexity index is 794. The summed E-state index contributed by atoms with van der Waals surface area (Å²) < 4.78 is 201. The Kier molecular flexibility index (Phi) is 8.71. The zero-order chi connectivity index (χ0) is 28.9. The van der Waals surface area contributed by atoms with Crippen molar-refractivity contribution in [2.75, 3.05) is 6.61 Å². The minimum Gasteiger partial charge on any atom is -0.460 e. The summed E-state index contributed by atoms with van der Waals surface area (Å²) in [6.07, 6.45) is -13.8. The minimum atomic E-state index is -8.41. The van der Waals surface area contributed by atoms with Crippen LogP contribution in [0.2, 0.25) is 0 Å². The monoisotopic (exact) mass is 554 g/mol. The summed E-state index contributed by atoms with van der Waals surface area (Å²) in [5.74, 6) is -48.9. The molecule has 0 aliphatic heterocycles. The number of halogens is 15. The van der Waals surface area contributed by atoms with Gasteiger partial charge in [0, 0.05) is 12.0 Å². The van der Waals surface area contributed by atoms with Gasteiger partial charge in [0.25, 0.3) is 0 Å². The van der Waals surface area contributed by atoms with Crippen LogP contribution in [-0.2, 0) is 9.53 Å². The molecule has 1 N–H and O–H groups in total. The van der Waals surface area contributed by atoms with Crippen LogP contribution in [0, 0.1) is 5.41 Å². The molecule has 0 radical (unpaired) electrons. The highest BCUT2D eigenvalue weighted by Crippen LogP contribution is 2.62. The summed E-state index contributed by atoms with van der Waals surface area (Å²) in [5.41, 5.74) is -1.39. The van der Waals surface area contributed by atoms with Crippen LogP contribution in [0.4, 0.5) is 65.9 Å². The summed E-state index contributed by atoms with van der Waals surface area (Å²) in [5, 5.41) is 9.28. The quantitative estimate of drug-likeness (QED) is 0.197. The molecule has 0 amide bonds. The van der Waals surface area contributed by atoms with E-state index in [4.69, 9.17) is 0 Å². The first-order valence-corrected chi connectivity index (χ1v) is 8.81. The molecule has 0 heterocycles. The van der Waals surface area contributed by atoms with Crippen molar-refractivity contribution in [2.24, 2.45) is 5.41 Å². The van der Waals surface area contributed by atoms with Crippen molar-refractivity contribution in [3.63, 3.8) is 0 Å². The third kappa shape index (κ3) is 5.60. The lowest BCUT2D eigenvalue weighted by Gasteiger charge is -2.41. The molecule has 0 aliphatic carbocycles. The van der Waals surface area contributed by atoms with Crippen LogP contribution >= 0.6 is 0 Å². The molecule has 0 aromatic heterocycles. The van der Waals surface area contributed by atoms with E-state index < -0.39 is 72.2 Å². The van der Waals surface area contributed by atoms with E-state index in [-0.39, 0.29) is 5.57 Å². The van der Waals surface area contributed by atoms with Gasteiger partial charge >= 0.3 is 47.7 Å². The summed E-state index contributed by atoms with van der Waals surface area (Å²) in [7, 11) is 0. The molecule has 1 atom stereocenters. The van der Waals surface area contributed by atoms with Crippen molar-refractivity contribution in [3.8, 4) is 0 Å². The minimum absolute atomic E-state index is 0.374. The van der Waals surface area contributed by atoms with Crippen LogP contribution in [0.25, 0.3) is 0 Å². The third-order valence-electron chi connectivity index (χ3n) is 4.44. The highest BCUT2D eigenvalue weighted by molar-refractivity contribution is 5.89. The lowest BCUT2D eigenvalue weighted by atomic mass is 9.88. The summed E-state index contributed by atoms with van der Waals surface area (Å²) in [6.45, 7) is 5.67. The fourth-order valence-electron chi connectivity index (χ4n) is 2.05. The number of alkyl halides is 15. The largest absolute Gasteiger partial charge is 0.460 e. The van der Waals surface area contributed by atoms with Crippen LogP contribution in [0.3, 0.4) is 0 Å². The SMILES string of the molecule is C=C(C(=O)OCC(O)CC(F)(F)C(F)(F)C(F)(F)C(F)(F)C(F)(F)C(F)(F)C(F)(F)F)C(C)(C)C. The zero-order valence-corrected chi connectivity index (χ0v) is 17.6. The molecule has 0 spiro atoms. The maximum Gasteiger partial charge on any atom is 0.460 e. The Morgan fingerprint density at radius 3 is 1.40 bits per heavy atom. The Labute approximate surface area is 186 Å². The van der Waals surface area contributed by atoms with Crippen LogP contribution in [0.1, 0.15) is 27.2 Å². The molecule has 208 valence electrons. The second-order valence-corrected chi connectivity index (χ2v) is 8.26. The Hall–Kier alpha value is -1.88. The van der Waals surface area contributed by atoms with Gasteiger partial charge < -0.3 is 9.84 Å². The number of rotatable bonds is 10. The molecule has 18 heteroatoms. The van der Waals surface area contributed by atoms with Gasteiger partial charge in [-0.2, -0.15) is 65.9 Å². The summed E-state index contributed by atoms with van der Waals surface area (Å²) >= 11 is 0. The number of carbonyl (C=O) groups excluding carboxylic acids is 1. The van der Waals surface area contributed by atoms with Gasteiger partial charge in [-0.05, 0) is 5.41 Å². The lowest BCUT2D eigenvalue weighted by Crippen LogP contribution is -2.72. The van der Waals surface area contributed by atoms with Gasteiger partial charge in [0.05, 0.1) is 6.10 Å². The van der Waals surface area contributed by atoms with E-state index in [1.54, 1.807) is 0 Å². The van der Waals surface area contributed by atoms with Gasteiger partial charge in [-0.25, -0.2) is 4.79 Å². The second kappa shape index (κ2) is 9.21. The molecule has 0 fully saturated rings. The van der Waals surface area contributed by atoms with E-state index in [1.807, 2.05) is 0 Å². The van der Waals surface area contributed by atoms with Crippen molar-refractivity contribution in [2.45, 2.75) is 75.0 Å². The molecule has 0 saturated heterocycles. The average molecular weight is 554 g/mol. The number of hydrogen-bond acceptors (Lipinski definition) is 3. The maximum atomic E-state index is 13.7. The molecule has 0 rings (SSSR count). The van der Waals surface area contributed by atoms with Crippen molar-refractivity contribution in [3.05, 3.63) is 12.2 Å². The first-order valence-electron chi connectivity index (χ1n) is 8.81.